The molecule has 0 spiro atoms. The van der Waals surface area contributed by atoms with Crippen molar-refractivity contribution < 1.29 is 13.2 Å². The lowest BCUT2D eigenvalue weighted by atomic mass is 10.1. The van der Waals surface area contributed by atoms with Gasteiger partial charge in [-0.3, -0.25) is 0 Å². The molecule has 3 aromatic rings. The normalized spacial score (nSPS) is 12.8. The summed E-state index contributed by atoms with van der Waals surface area (Å²) in [6, 6.07) is 8.75. The number of halogens is 4. The van der Waals surface area contributed by atoms with Crippen LogP contribution in [0.25, 0.3) is 10.1 Å². The van der Waals surface area contributed by atoms with E-state index in [9.17, 15) is 13.2 Å². The Labute approximate surface area is 132 Å². The Hall–Kier alpha value is -1.33. The molecule has 1 heterocycles. The van der Waals surface area contributed by atoms with Crippen molar-refractivity contribution >= 4 is 37.4 Å². The van der Waals surface area contributed by atoms with Gasteiger partial charge >= 0.3 is 0 Å². The molecule has 0 aliphatic rings. The smallest absolute Gasteiger partial charge is 0.128 e. The molecule has 0 N–H and O–H groups in total. The molecule has 0 amide bonds. The van der Waals surface area contributed by atoms with Gasteiger partial charge in [-0.05, 0) is 48.2 Å². The second-order valence-corrected chi connectivity index (χ2v) is 6.85. The van der Waals surface area contributed by atoms with Gasteiger partial charge in [-0.2, -0.15) is 0 Å². The third kappa shape index (κ3) is 2.72. The van der Waals surface area contributed by atoms with Crippen molar-refractivity contribution in [2.45, 2.75) is 11.8 Å². The second kappa shape index (κ2) is 5.46. The molecule has 2 aromatic carbocycles. The van der Waals surface area contributed by atoms with E-state index in [1.54, 1.807) is 6.07 Å². The number of alkyl halides is 1. The minimum Gasteiger partial charge on any atom is -0.207 e. The van der Waals surface area contributed by atoms with Crippen LogP contribution in [0.2, 0.25) is 0 Å². The predicted molar refractivity (Wildman–Crippen MR) is 83.6 cm³/mol. The van der Waals surface area contributed by atoms with Crippen molar-refractivity contribution in [3.05, 3.63) is 69.9 Å². The van der Waals surface area contributed by atoms with Gasteiger partial charge in [0.25, 0.3) is 0 Å². The fourth-order valence-electron chi connectivity index (χ4n) is 2.16. The highest BCUT2D eigenvalue weighted by atomic mass is 79.9. The van der Waals surface area contributed by atoms with Gasteiger partial charge in [0.15, 0.2) is 0 Å². The first-order valence-electron chi connectivity index (χ1n) is 6.24. The molecule has 3 rings (SSSR count). The van der Waals surface area contributed by atoms with E-state index in [1.165, 1.54) is 42.5 Å². The summed E-state index contributed by atoms with van der Waals surface area (Å²) in [5.74, 6) is -1.21. The maximum atomic E-state index is 14.0. The molecule has 0 bridgehead atoms. The average molecular weight is 371 g/mol. The van der Waals surface area contributed by atoms with Crippen LogP contribution in [-0.2, 0) is 0 Å². The molecule has 21 heavy (non-hydrogen) atoms. The third-order valence-corrected chi connectivity index (χ3v) is 5.75. The van der Waals surface area contributed by atoms with Gasteiger partial charge in [0.05, 0.1) is 4.83 Å². The van der Waals surface area contributed by atoms with Crippen molar-refractivity contribution in [2.75, 3.05) is 0 Å². The number of rotatable bonds is 2. The number of hydrogen-bond donors (Lipinski definition) is 0. The van der Waals surface area contributed by atoms with Crippen LogP contribution in [0.3, 0.4) is 0 Å². The van der Waals surface area contributed by atoms with Crippen LogP contribution in [0.4, 0.5) is 13.2 Å². The summed E-state index contributed by atoms with van der Waals surface area (Å²) in [7, 11) is 0. The monoisotopic (exact) mass is 370 g/mol. The quantitative estimate of drug-likeness (QED) is 0.477. The zero-order valence-electron chi connectivity index (χ0n) is 11.0. The van der Waals surface area contributed by atoms with Crippen molar-refractivity contribution in [2.24, 2.45) is 0 Å². The van der Waals surface area contributed by atoms with E-state index in [-0.39, 0.29) is 16.9 Å². The molecule has 1 aromatic heterocycles. The zero-order chi connectivity index (χ0) is 15.1. The van der Waals surface area contributed by atoms with Crippen LogP contribution in [0.5, 0.6) is 0 Å². The summed E-state index contributed by atoms with van der Waals surface area (Å²) in [6.07, 6.45) is 0. The molecule has 1 unspecified atom stereocenters. The molecule has 0 aliphatic carbocycles. The van der Waals surface area contributed by atoms with Gasteiger partial charge in [0.2, 0.25) is 0 Å². The Morgan fingerprint density at radius 2 is 1.76 bits per heavy atom. The number of fused-ring (bicyclic) bond motifs is 1. The molecule has 0 saturated carbocycles. The van der Waals surface area contributed by atoms with Crippen molar-refractivity contribution in [1.82, 2.24) is 0 Å². The summed E-state index contributed by atoms with van der Waals surface area (Å²) in [5.41, 5.74) is 0.513. The van der Waals surface area contributed by atoms with Crippen molar-refractivity contribution in [3.63, 3.8) is 0 Å². The number of aryl methyl sites for hydroxylation is 1. The number of thiophene rings is 1. The van der Waals surface area contributed by atoms with E-state index in [4.69, 9.17) is 0 Å². The van der Waals surface area contributed by atoms with Gasteiger partial charge in [0.1, 0.15) is 17.5 Å². The lowest BCUT2D eigenvalue weighted by Crippen LogP contribution is -1.97. The third-order valence-electron chi connectivity index (χ3n) is 3.30. The summed E-state index contributed by atoms with van der Waals surface area (Å²) in [6.45, 7) is 1.52. The van der Waals surface area contributed by atoms with Crippen LogP contribution in [0, 0.1) is 24.4 Å². The van der Waals surface area contributed by atoms with Gasteiger partial charge in [-0.15, -0.1) is 11.3 Å². The summed E-state index contributed by atoms with van der Waals surface area (Å²) < 4.78 is 41.7. The van der Waals surface area contributed by atoms with E-state index in [0.29, 0.717) is 0 Å². The fraction of sp³-hybridized carbons (Fsp3) is 0.125. The lowest BCUT2D eigenvalue weighted by molar-refractivity contribution is 0.581. The summed E-state index contributed by atoms with van der Waals surface area (Å²) in [5, 5.41) is 0.883. The molecular weight excluding hydrogens is 361 g/mol. The molecule has 1 atom stereocenters. The second-order valence-electron chi connectivity index (χ2n) is 4.82. The molecule has 0 aliphatic heterocycles. The number of benzene rings is 2. The average Bonchev–Trinajstić information content (AvgIpc) is 2.85. The topological polar surface area (TPSA) is 0 Å². The van der Waals surface area contributed by atoms with Gasteiger partial charge in [-0.25, -0.2) is 13.2 Å². The number of hydrogen-bond acceptors (Lipinski definition) is 1. The standard InChI is InChI=1S/C16H10BrF3S/c1-8-4-13(20)11(7-12(8)19)16(17)15-5-9-2-3-10(18)6-14(9)21-15/h2-7,16H,1H3. The van der Waals surface area contributed by atoms with E-state index >= 15 is 0 Å². The Balaban J connectivity index is 2.07. The van der Waals surface area contributed by atoms with Crippen LogP contribution in [0.1, 0.15) is 20.8 Å². The molecular formula is C16H10BrF3S. The highest BCUT2D eigenvalue weighted by Crippen LogP contribution is 2.39. The van der Waals surface area contributed by atoms with Crippen molar-refractivity contribution in [3.8, 4) is 0 Å². The first kappa shape index (κ1) is 14.6. The molecule has 0 radical (unpaired) electrons. The largest absolute Gasteiger partial charge is 0.207 e. The first-order chi connectivity index (χ1) is 9.95. The maximum Gasteiger partial charge on any atom is 0.128 e. The van der Waals surface area contributed by atoms with Crippen LogP contribution in [-0.4, -0.2) is 0 Å². The van der Waals surface area contributed by atoms with E-state index in [2.05, 4.69) is 15.9 Å². The van der Waals surface area contributed by atoms with Gasteiger partial charge < -0.3 is 0 Å². The highest BCUT2D eigenvalue weighted by Gasteiger charge is 2.19. The predicted octanol–water partition coefficient (Wildman–Crippen LogP) is 6.11. The van der Waals surface area contributed by atoms with Gasteiger partial charge in [0, 0.05) is 15.1 Å². The van der Waals surface area contributed by atoms with E-state index < -0.39 is 16.5 Å². The minimum absolute atomic E-state index is 0.241. The SMILES string of the molecule is Cc1cc(F)c(C(Br)c2cc3ccc(F)cc3s2)cc1F. The molecule has 0 saturated heterocycles. The molecule has 108 valence electrons. The highest BCUT2D eigenvalue weighted by molar-refractivity contribution is 9.09. The minimum atomic E-state index is -0.465. The Morgan fingerprint density at radius 3 is 2.52 bits per heavy atom. The maximum absolute atomic E-state index is 14.0. The van der Waals surface area contributed by atoms with Crippen LogP contribution < -0.4 is 0 Å². The molecule has 5 heteroatoms. The molecule has 0 nitrogen and oxygen atoms in total. The summed E-state index contributed by atoms with van der Waals surface area (Å²) in [4.78, 5) is 0.339. The summed E-state index contributed by atoms with van der Waals surface area (Å²) >= 11 is 4.77. The fourth-order valence-corrected chi connectivity index (χ4v) is 4.01. The molecule has 0 fully saturated rings. The zero-order valence-corrected chi connectivity index (χ0v) is 13.4. The van der Waals surface area contributed by atoms with E-state index in [0.717, 1.165) is 15.0 Å². The van der Waals surface area contributed by atoms with E-state index in [1.807, 2.05) is 6.07 Å². The Kier molecular flexibility index (Phi) is 3.80. The Bertz CT molecular complexity index is 826. The van der Waals surface area contributed by atoms with Crippen molar-refractivity contribution in [1.29, 1.82) is 0 Å². The first-order valence-corrected chi connectivity index (χ1v) is 7.97. The Morgan fingerprint density at radius 1 is 1.00 bits per heavy atom. The van der Waals surface area contributed by atoms with Crippen LogP contribution >= 0.6 is 27.3 Å². The van der Waals surface area contributed by atoms with Crippen LogP contribution in [0.15, 0.2) is 36.4 Å². The van der Waals surface area contributed by atoms with Gasteiger partial charge in [-0.1, -0.05) is 22.0 Å². The lowest BCUT2D eigenvalue weighted by Gasteiger charge is -2.10.